The topological polar surface area (TPSA) is 42.2 Å². The van der Waals surface area contributed by atoms with Crippen LogP contribution in [0.5, 0.6) is 0 Å². The van der Waals surface area contributed by atoms with Crippen LogP contribution in [0, 0.1) is 0 Å². The molecule has 2 atom stereocenters. The number of hydrogen-bond donors (Lipinski definition) is 0. The van der Waals surface area contributed by atoms with Crippen molar-refractivity contribution in [3.05, 3.63) is 41.8 Å². The van der Waals surface area contributed by atoms with Crippen molar-refractivity contribution in [3.63, 3.8) is 0 Å². The predicted molar refractivity (Wildman–Crippen MR) is 74.5 cm³/mol. The molecule has 0 spiro atoms. The van der Waals surface area contributed by atoms with Gasteiger partial charge in [-0.25, -0.2) is 0 Å². The first-order chi connectivity index (χ1) is 10.2. The molecule has 0 saturated heterocycles. The fourth-order valence-corrected chi connectivity index (χ4v) is 3.09. The first-order valence-corrected chi connectivity index (χ1v) is 7.06. The lowest BCUT2D eigenvalue weighted by Gasteiger charge is -2.28. The summed E-state index contributed by atoms with van der Waals surface area (Å²) in [5.41, 5.74) is 1.26. The van der Waals surface area contributed by atoms with Gasteiger partial charge in [-0.2, -0.15) is 8.78 Å². The van der Waals surface area contributed by atoms with Crippen molar-refractivity contribution in [2.45, 2.75) is 37.6 Å². The summed E-state index contributed by atoms with van der Waals surface area (Å²) in [5, 5.41) is 7.14. The number of rotatable bonds is 4. The second kappa shape index (κ2) is 5.79. The molecule has 1 saturated carbocycles. The van der Waals surface area contributed by atoms with Crippen LogP contribution < -0.4 is 4.90 Å². The molecule has 0 unspecified atom stereocenters. The van der Waals surface area contributed by atoms with E-state index in [1.54, 1.807) is 0 Å². The fourth-order valence-electron chi connectivity index (χ4n) is 3.09. The SMILES string of the molecule is CN(c1nnc(C(F)F)o1)[C@@H]1CCC[C@@H]1c1ccccc1. The Morgan fingerprint density at radius 2 is 1.95 bits per heavy atom. The van der Waals surface area contributed by atoms with E-state index in [1.807, 2.05) is 30.1 Å². The van der Waals surface area contributed by atoms with Gasteiger partial charge in [-0.15, -0.1) is 5.10 Å². The molecule has 0 N–H and O–H groups in total. The largest absolute Gasteiger partial charge is 0.402 e. The summed E-state index contributed by atoms with van der Waals surface area (Å²) in [4.78, 5) is 1.84. The average molecular weight is 293 g/mol. The van der Waals surface area contributed by atoms with Gasteiger partial charge in [-0.05, 0) is 18.4 Å². The molecule has 0 radical (unpaired) electrons. The Kier molecular flexibility index (Phi) is 3.86. The molecule has 0 bridgehead atoms. The van der Waals surface area contributed by atoms with Crippen LogP contribution in [0.1, 0.15) is 43.1 Å². The maximum Gasteiger partial charge on any atom is 0.318 e. The molecule has 0 aliphatic heterocycles. The highest BCUT2D eigenvalue weighted by Crippen LogP contribution is 2.38. The van der Waals surface area contributed by atoms with E-state index >= 15 is 0 Å². The van der Waals surface area contributed by atoms with E-state index in [9.17, 15) is 8.78 Å². The molecule has 1 aliphatic carbocycles. The Hall–Kier alpha value is -1.98. The summed E-state index contributed by atoms with van der Waals surface area (Å²) >= 11 is 0. The molecule has 1 fully saturated rings. The molecule has 1 aliphatic rings. The summed E-state index contributed by atoms with van der Waals surface area (Å²) in [6.07, 6.45) is 0.440. The summed E-state index contributed by atoms with van der Waals surface area (Å²) < 4.78 is 30.2. The van der Waals surface area contributed by atoms with Crippen molar-refractivity contribution in [1.82, 2.24) is 10.2 Å². The normalized spacial score (nSPS) is 21.9. The lowest BCUT2D eigenvalue weighted by molar-refractivity contribution is 0.115. The molecular weight excluding hydrogens is 276 g/mol. The first kappa shape index (κ1) is 14.0. The van der Waals surface area contributed by atoms with E-state index in [0.717, 1.165) is 19.3 Å². The highest BCUT2D eigenvalue weighted by molar-refractivity contribution is 5.32. The lowest BCUT2D eigenvalue weighted by Crippen LogP contribution is -2.33. The molecule has 6 heteroatoms. The van der Waals surface area contributed by atoms with Crippen LogP contribution in [0.4, 0.5) is 14.8 Å². The van der Waals surface area contributed by atoms with Crippen LogP contribution in [0.2, 0.25) is 0 Å². The number of hydrogen-bond acceptors (Lipinski definition) is 4. The van der Waals surface area contributed by atoms with Gasteiger partial charge in [-0.3, -0.25) is 0 Å². The van der Waals surface area contributed by atoms with E-state index in [0.29, 0.717) is 5.92 Å². The zero-order valence-corrected chi connectivity index (χ0v) is 11.7. The van der Waals surface area contributed by atoms with Crippen molar-refractivity contribution >= 4 is 6.01 Å². The summed E-state index contributed by atoms with van der Waals surface area (Å²) in [6, 6.07) is 10.6. The highest BCUT2D eigenvalue weighted by atomic mass is 19.3. The third kappa shape index (κ3) is 2.75. The van der Waals surface area contributed by atoms with Gasteiger partial charge in [0.1, 0.15) is 0 Å². The standard InChI is InChI=1S/C15H17F2N3O/c1-20(15-19-18-14(21-15)13(16)17)12-9-5-8-11(12)10-6-3-2-4-7-10/h2-4,6-7,11-13H,5,8-9H2,1H3/t11-,12-/m1/s1. The van der Waals surface area contributed by atoms with Crippen molar-refractivity contribution in [2.75, 3.05) is 11.9 Å². The highest BCUT2D eigenvalue weighted by Gasteiger charge is 2.34. The number of benzene rings is 1. The van der Waals surface area contributed by atoms with E-state index in [4.69, 9.17) is 4.42 Å². The fraction of sp³-hybridized carbons (Fsp3) is 0.467. The van der Waals surface area contributed by atoms with E-state index in [1.165, 1.54) is 5.56 Å². The van der Waals surface area contributed by atoms with Gasteiger partial charge >= 0.3 is 12.4 Å². The van der Waals surface area contributed by atoms with Crippen molar-refractivity contribution in [2.24, 2.45) is 0 Å². The minimum atomic E-state index is -2.73. The van der Waals surface area contributed by atoms with Gasteiger partial charge in [0.05, 0.1) is 0 Å². The van der Waals surface area contributed by atoms with Crippen molar-refractivity contribution in [3.8, 4) is 0 Å². The zero-order valence-electron chi connectivity index (χ0n) is 11.7. The molecule has 4 nitrogen and oxygen atoms in total. The van der Waals surface area contributed by atoms with Crippen molar-refractivity contribution in [1.29, 1.82) is 0 Å². The third-order valence-corrected chi connectivity index (χ3v) is 4.12. The Morgan fingerprint density at radius 1 is 1.19 bits per heavy atom. The summed E-state index contributed by atoms with van der Waals surface area (Å²) in [5.74, 6) is -0.260. The lowest BCUT2D eigenvalue weighted by atomic mass is 9.93. The van der Waals surface area contributed by atoms with Gasteiger partial charge in [0.15, 0.2) is 0 Å². The van der Waals surface area contributed by atoms with Crippen molar-refractivity contribution < 1.29 is 13.2 Å². The first-order valence-electron chi connectivity index (χ1n) is 7.06. The maximum absolute atomic E-state index is 12.5. The Morgan fingerprint density at radius 3 is 2.62 bits per heavy atom. The molecule has 1 heterocycles. The van der Waals surface area contributed by atoms with Crippen LogP contribution in [0.15, 0.2) is 34.7 Å². The Balaban J connectivity index is 1.81. The number of aromatic nitrogens is 2. The predicted octanol–water partition coefficient (Wildman–Crippen LogP) is 3.78. The van der Waals surface area contributed by atoms with Gasteiger partial charge in [-0.1, -0.05) is 41.9 Å². The molecule has 0 amide bonds. The van der Waals surface area contributed by atoms with Crippen LogP contribution in [0.25, 0.3) is 0 Å². The van der Waals surface area contributed by atoms with Gasteiger partial charge in [0, 0.05) is 19.0 Å². The number of anilines is 1. The molecule has 112 valence electrons. The zero-order chi connectivity index (χ0) is 14.8. The van der Waals surface area contributed by atoms with Crippen LogP contribution >= 0.6 is 0 Å². The summed E-state index contributed by atoms with van der Waals surface area (Å²) in [6.45, 7) is 0. The minimum absolute atomic E-state index is 0.165. The molecule has 3 rings (SSSR count). The smallest absolute Gasteiger partial charge is 0.318 e. The van der Waals surface area contributed by atoms with E-state index in [-0.39, 0.29) is 12.1 Å². The number of likely N-dealkylation sites (N-methyl/N-ethyl adjacent to an activating group) is 1. The molecule has 2 aromatic rings. The van der Waals surface area contributed by atoms with Crippen LogP contribution in [-0.4, -0.2) is 23.3 Å². The second-order valence-electron chi connectivity index (χ2n) is 5.35. The Bertz CT molecular complexity index is 588. The minimum Gasteiger partial charge on any atom is -0.402 e. The number of alkyl halides is 2. The summed E-state index contributed by atoms with van der Waals surface area (Å²) in [7, 11) is 1.83. The molecule has 1 aromatic carbocycles. The Labute approximate surface area is 121 Å². The molecule has 21 heavy (non-hydrogen) atoms. The maximum atomic E-state index is 12.5. The number of nitrogens with zero attached hydrogens (tertiary/aromatic N) is 3. The molecular formula is C15H17F2N3O. The second-order valence-corrected chi connectivity index (χ2v) is 5.35. The van der Waals surface area contributed by atoms with Crippen LogP contribution in [0.3, 0.4) is 0 Å². The quantitative estimate of drug-likeness (QED) is 0.860. The van der Waals surface area contributed by atoms with Gasteiger partial charge in [0.2, 0.25) is 0 Å². The van der Waals surface area contributed by atoms with E-state index < -0.39 is 12.3 Å². The van der Waals surface area contributed by atoms with E-state index in [2.05, 4.69) is 22.3 Å². The third-order valence-electron chi connectivity index (χ3n) is 4.12. The van der Waals surface area contributed by atoms with Gasteiger partial charge < -0.3 is 9.32 Å². The van der Waals surface area contributed by atoms with Gasteiger partial charge in [0.25, 0.3) is 5.89 Å². The van der Waals surface area contributed by atoms with Crippen LogP contribution in [-0.2, 0) is 0 Å². The average Bonchev–Trinajstić information content (AvgIpc) is 3.17. The monoisotopic (exact) mass is 293 g/mol. The molecule has 1 aromatic heterocycles. The number of halogens is 2.